The highest BCUT2D eigenvalue weighted by molar-refractivity contribution is 5.91. The first-order chi connectivity index (χ1) is 16.4. The molecule has 0 aromatic carbocycles. The molecule has 1 aromatic rings. The van der Waals surface area contributed by atoms with E-state index >= 15 is 0 Å². The molecule has 1 unspecified atom stereocenters. The van der Waals surface area contributed by atoms with Gasteiger partial charge in [0.15, 0.2) is 0 Å². The Balaban J connectivity index is 2.56. The number of anilines is 2. The molecule has 0 amide bonds. The van der Waals surface area contributed by atoms with Gasteiger partial charge in [0.25, 0.3) is 0 Å². The fourth-order valence-corrected chi connectivity index (χ4v) is 3.54. The van der Waals surface area contributed by atoms with E-state index in [0.29, 0.717) is 18.8 Å². The molecule has 0 saturated heterocycles. The van der Waals surface area contributed by atoms with Gasteiger partial charge in [-0.1, -0.05) is 44.2 Å². The van der Waals surface area contributed by atoms with E-state index in [1.807, 2.05) is 32.1 Å². The van der Waals surface area contributed by atoms with Crippen molar-refractivity contribution in [3.63, 3.8) is 0 Å². The van der Waals surface area contributed by atoms with Gasteiger partial charge in [0.2, 0.25) is 0 Å². The average Bonchev–Trinajstić information content (AvgIpc) is 2.83. The Bertz CT molecular complexity index is 971. The van der Waals surface area contributed by atoms with Gasteiger partial charge in [-0.15, -0.1) is 0 Å². The van der Waals surface area contributed by atoms with Crippen molar-refractivity contribution in [2.45, 2.75) is 53.5 Å². The Kier molecular flexibility index (Phi) is 11.2. The number of allylic oxidation sites excluding steroid dienone is 6. The smallest absolute Gasteiger partial charge is 0.106 e. The molecule has 34 heavy (non-hydrogen) atoms. The van der Waals surface area contributed by atoms with E-state index in [4.69, 9.17) is 15.1 Å². The van der Waals surface area contributed by atoms with Crippen LogP contribution >= 0.6 is 0 Å². The number of hydrogen-bond donors (Lipinski definition) is 3. The maximum atomic E-state index is 8.09. The minimum absolute atomic E-state index is 0.256. The molecular formula is C28H41N5O. The Morgan fingerprint density at radius 1 is 1.29 bits per heavy atom. The van der Waals surface area contributed by atoms with Gasteiger partial charge in [-0.2, -0.15) is 0 Å². The maximum Gasteiger partial charge on any atom is 0.106 e. The number of pyridine rings is 1. The lowest BCUT2D eigenvalue weighted by atomic mass is 10.1. The topological polar surface area (TPSA) is 73.3 Å². The van der Waals surface area contributed by atoms with Crippen LogP contribution in [0.1, 0.15) is 58.8 Å². The van der Waals surface area contributed by atoms with Crippen molar-refractivity contribution in [1.82, 2.24) is 9.88 Å². The molecule has 0 spiro atoms. The molecule has 6 heteroatoms. The van der Waals surface area contributed by atoms with Crippen LogP contribution in [0.5, 0.6) is 0 Å². The van der Waals surface area contributed by atoms with Crippen molar-refractivity contribution < 1.29 is 4.74 Å². The molecule has 2 heterocycles. The largest absolute Gasteiger partial charge is 0.498 e. The lowest BCUT2D eigenvalue weighted by Crippen LogP contribution is -2.20. The van der Waals surface area contributed by atoms with Gasteiger partial charge in [-0.3, -0.25) is 0 Å². The Labute approximate surface area is 205 Å². The van der Waals surface area contributed by atoms with Crippen LogP contribution in [0.15, 0.2) is 60.1 Å². The lowest BCUT2D eigenvalue weighted by molar-refractivity contribution is 0.233. The highest BCUT2D eigenvalue weighted by Gasteiger charge is 2.17. The first kappa shape index (κ1) is 27.0. The van der Waals surface area contributed by atoms with E-state index in [-0.39, 0.29) is 6.04 Å². The summed E-state index contributed by atoms with van der Waals surface area (Å²) in [5.41, 5.74) is 5.25. The van der Waals surface area contributed by atoms with Crippen LogP contribution in [0.4, 0.5) is 11.4 Å². The molecular weight excluding hydrogens is 422 g/mol. The molecule has 1 aliphatic rings. The van der Waals surface area contributed by atoms with Gasteiger partial charge >= 0.3 is 0 Å². The number of nitrogens with zero attached hydrogens (tertiary/aromatic N) is 2. The van der Waals surface area contributed by atoms with Crippen molar-refractivity contribution in [2.75, 3.05) is 37.4 Å². The summed E-state index contributed by atoms with van der Waals surface area (Å²) in [6.45, 7) is 12.5. The van der Waals surface area contributed by atoms with Gasteiger partial charge in [-0.25, -0.2) is 4.98 Å². The van der Waals surface area contributed by atoms with E-state index in [0.717, 1.165) is 47.8 Å². The fourth-order valence-electron chi connectivity index (χ4n) is 3.54. The Hall–Kier alpha value is -3.28. The standard InChI is InChI=1S/C28H41N5O/c1-7-10-11-12-15-24(22(5)34-9-3)25-17-26(30-19-23-14-13-16-33(6)20-23)28(27(18-29)32-25)31-21(4)8-2/h10-15,17-18,20-21,29,31H,7-9,16,19H2,1-6H3,(H,30,32)/b11-10+,15-12-,24-22-,29-18?. The summed E-state index contributed by atoms with van der Waals surface area (Å²) in [6.07, 6.45) is 17.9. The van der Waals surface area contributed by atoms with E-state index < -0.39 is 0 Å². The van der Waals surface area contributed by atoms with Crippen molar-refractivity contribution in [1.29, 1.82) is 5.41 Å². The van der Waals surface area contributed by atoms with Gasteiger partial charge in [-0.05, 0) is 51.3 Å². The van der Waals surface area contributed by atoms with Gasteiger partial charge in [0, 0.05) is 44.2 Å². The average molecular weight is 464 g/mol. The van der Waals surface area contributed by atoms with Crippen molar-refractivity contribution >= 4 is 23.2 Å². The lowest BCUT2D eigenvalue weighted by Gasteiger charge is -2.22. The zero-order valence-corrected chi connectivity index (χ0v) is 21.6. The normalized spacial score (nSPS) is 15.4. The summed E-state index contributed by atoms with van der Waals surface area (Å²) in [7, 11) is 2.07. The summed E-state index contributed by atoms with van der Waals surface area (Å²) in [5.74, 6) is 0.806. The number of ether oxygens (including phenoxy) is 1. The van der Waals surface area contributed by atoms with Crippen LogP contribution in [0, 0.1) is 5.41 Å². The summed E-state index contributed by atoms with van der Waals surface area (Å²) >= 11 is 0. The number of nitrogens with one attached hydrogen (secondary N) is 3. The third kappa shape index (κ3) is 7.94. The second kappa shape index (κ2) is 14.1. The summed E-state index contributed by atoms with van der Waals surface area (Å²) in [4.78, 5) is 7.02. The summed E-state index contributed by atoms with van der Waals surface area (Å²) in [5, 5.41) is 15.2. The minimum atomic E-state index is 0.256. The SMILES string of the molecule is CC/C=C/C=C\C(=C(/C)OCC)c1cc(NCC2=CN(C)CC=C2)c(NC(C)CC)c(C=N)n1. The van der Waals surface area contributed by atoms with Gasteiger partial charge in [0.1, 0.15) is 11.5 Å². The molecule has 184 valence electrons. The van der Waals surface area contributed by atoms with Crippen molar-refractivity contribution in [2.24, 2.45) is 0 Å². The summed E-state index contributed by atoms with van der Waals surface area (Å²) in [6, 6.07) is 2.31. The van der Waals surface area contributed by atoms with E-state index in [1.165, 1.54) is 11.8 Å². The number of aromatic nitrogens is 1. The summed E-state index contributed by atoms with van der Waals surface area (Å²) < 4.78 is 5.86. The molecule has 1 aromatic heterocycles. The molecule has 1 aliphatic heterocycles. The minimum Gasteiger partial charge on any atom is -0.498 e. The second-order valence-electron chi connectivity index (χ2n) is 8.41. The zero-order chi connectivity index (χ0) is 24.9. The number of rotatable bonds is 13. The predicted molar refractivity (Wildman–Crippen MR) is 147 cm³/mol. The molecule has 2 rings (SSSR count). The monoisotopic (exact) mass is 463 g/mol. The van der Waals surface area contributed by atoms with Crippen LogP contribution in [-0.4, -0.2) is 48.9 Å². The molecule has 3 N–H and O–H groups in total. The second-order valence-corrected chi connectivity index (χ2v) is 8.41. The maximum absolute atomic E-state index is 8.09. The van der Waals surface area contributed by atoms with Crippen LogP contribution in [0.3, 0.4) is 0 Å². The molecule has 1 atom stereocenters. The van der Waals surface area contributed by atoms with Crippen LogP contribution in [0.25, 0.3) is 5.57 Å². The van der Waals surface area contributed by atoms with Crippen LogP contribution in [-0.2, 0) is 4.74 Å². The third-order valence-electron chi connectivity index (χ3n) is 5.54. The van der Waals surface area contributed by atoms with E-state index in [1.54, 1.807) is 0 Å². The van der Waals surface area contributed by atoms with E-state index in [2.05, 4.69) is 73.8 Å². The zero-order valence-electron chi connectivity index (χ0n) is 21.6. The van der Waals surface area contributed by atoms with Crippen LogP contribution < -0.4 is 10.6 Å². The third-order valence-corrected chi connectivity index (χ3v) is 5.54. The van der Waals surface area contributed by atoms with Crippen molar-refractivity contribution in [3.05, 3.63) is 71.4 Å². The fraction of sp³-hybridized carbons (Fsp3) is 0.429. The van der Waals surface area contributed by atoms with Gasteiger partial charge in [0.05, 0.1) is 23.7 Å². The first-order valence-corrected chi connectivity index (χ1v) is 12.2. The molecule has 0 fully saturated rings. The number of likely N-dealkylation sites (N-methyl/N-ethyl adjacent to an activating group) is 1. The number of hydrogen-bond acceptors (Lipinski definition) is 6. The van der Waals surface area contributed by atoms with Crippen molar-refractivity contribution in [3.8, 4) is 0 Å². The van der Waals surface area contributed by atoms with Gasteiger partial charge < -0.3 is 25.7 Å². The highest BCUT2D eigenvalue weighted by Crippen LogP contribution is 2.31. The quantitative estimate of drug-likeness (QED) is 0.180. The van der Waals surface area contributed by atoms with E-state index in [9.17, 15) is 0 Å². The Morgan fingerprint density at radius 3 is 2.74 bits per heavy atom. The molecule has 6 nitrogen and oxygen atoms in total. The molecule has 0 radical (unpaired) electrons. The molecule has 0 saturated carbocycles. The highest BCUT2D eigenvalue weighted by atomic mass is 16.5. The van der Waals surface area contributed by atoms with Crippen LogP contribution in [0.2, 0.25) is 0 Å². The molecule has 0 bridgehead atoms. The predicted octanol–water partition coefficient (Wildman–Crippen LogP) is 6.38. The Morgan fingerprint density at radius 2 is 2.09 bits per heavy atom. The molecule has 0 aliphatic carbocycles. The first-order valence-electron chi connectivity index (χ1n) is 12.2.